The van der Waals surface area contributed by atoms with E-state index in [0.29, 0.717) is 5.56 Å². The molecule has 162 valence electrons. The molecule has 4 rings (SSSR count). The monoisotopic (exact) mass is 441 g/mol. The average Bonchev–Trinajstić information content (AvgIpc) is 3.33. The summed E-state index contributed by atoms with van der Waals surface area (Å²) >= 11 is 1.62. The third-order valence-corrected chi connectivity index (χ3v) is 6.36. The fourth-order valence-electron chi connectivity index (χ4n) is 3.58. The summed E-state index contributed by atoms with van der Waals surface area (Å²) in [6.45, 7) is 8.62. The van der Waals surface area contributed by atoms with E-state index in [1.807, 2.05) is 54.8 Å². The zero-order valence-electron chi connectivity index (χ0n) is 18.8. The molecule has 2 aromatic carbocycles. The first kappa shape index (κ1) is 21.9. The summed E-state index contributed by atoms with van der Waals surface area (Å²) in [6.07, 6.45) is 0.739. The standard InChI is InChI=1S/C27H27N3OS/c1-5-22(25-11-8-16-32-25)29-30-26(31)21-17-24(28-23-10-7-6-9-20(21)23)18-12-14-19(15-13-18)27(2,3)4/h6-17H,5H2,1-4H3,(H,30,31)/b29-22-. The van der Waals surface area contributed by atoms with Crippen molar-refractivity contribution in [1.82, 2.24) is 10.4 Å². The van der Waals surface area contributed by atoms with Crippen molar-refractivity contribution < 1.29 is 4.79 Å². The van der Waals surface area contributed by atoms with Crippen LogP contribution in [0, 0.1) is 0 Å². The number of thiophene rings is 1. The lowest BCUT2D eigenvalue weighted by atomic mass is 9.86. The van der Waals surface area contributed by atoms with Gasteiger partial charge in [0.2, 0.25) is 0 Å². The van der Waals surface area contributed by atoms with E-state index in [2.05, 4.69) is 55.6 Å². The number of amides is 1. The molecule has 0 spiro atoms. The number of hydrazone groups is 1. The van der Waals surface area contributed by atoms with Crippen molar-refractivity contribution in [3.05, 3.63) is 88.1 Å². The summed E-state index contributed by atoms with van der Waals surface area (Å²) < 4.78 is 0. The quantitative estimate of drug-likeness (QED) is 0.273. The second-order valence-electron chi connectivity index (χ2n) is 8.73. The number of nitrogens with one attached hydrogen (secondary N) is 1. The fraction of sp³-hybridized carbons (Fsp3) is 0.222. The van der Waals surface area contributed by atoms with Gasteiger partial charge in [0.1, 0.15) is 0 Å². The van der Waals surface area contributed by atoms with E-state index in [0.717, 1.165) is 39.2 Å². The van der Waals surface area contributed by atoms with Gasteiger partial charge < -0.3 is 0 Å². The predicted molar refractivity (Wildman–Crippen MR) is 134 cm³/mol. The highest BCUT2D eigenvalue weighted by Crippen LogP contribution is 2.28. The summed E-state index contributed by atoms with van der Waals surface area (Å²) in [4.78, 5) is 19.1. The first-order valence-electron chi connectivity index (χ1n) is 10.8. The molecule has 0 aliphatic carbocycles. The van der Waals surface area contributed by atoms with Gasteiger partial charge in [-0.2, -0.15) is 5.10 Å². The topological polar surface area (TPSA) is 54.4 Å². The van der Waals surface area contributed by atoms with Crippen LogP contribution in [0.5, 0.6) is 0 Å². The van der Waals surface area contributed by atoms with Gasteiger partial charge in [-0.15, -0.1) is 11.3 Å². The molecule has 4 aromatic rings. The van der Waals surface area contributed by atoms with Crippen molar-refractivity contribution in [3.8, 4) is 11.3 Å². The first-order valence-corrected chi connectivity index (χ1v) is 11.7. The van der Waals surface area contributed by atoms with Crippen LogP contribution < -0.4 is 5.43 Å². The van der Waals surface area contributed by atoms with E-state index in [-0.39, 0.29) is 11.3 Å². The van der Waals surface area contributed by atoms with Crippen LogP contribution in [-0.4, -0.2) is 16.6 Å². The highest BCUT2D eigenvalue weighted by atomic mass is 32.1. The number of rotatable bonds is 5. The van der Waals surface area contributed by atoms with Gasteiger partial charge >= 0.3 is 0 Å². The average molecular weight is 442 g/mol. The molecule has 0 aliphatic heterocycles. The van der Waals surface area contributed by atoms with E-state index in [4.69, 9.17) is 4.98 Å². The van der Waals surface area contributed by atoms with Gasteiger partial charge in [0, 0.05) is 10.9 Å². The lowest BCUT2D eigenvalue weighted by Gasteiger charge is -2.19. The maximum Gasteiger partial charge on any atom is 0.272 e. The molecule has 4 nitrogen and oxygen atoms in total. The normalized spacial score (nSPS) is 12.2. The Balaban J connectivity index is 1.72. The number of benzene rings is 2. The van der Waals surface area contributed by atoms with Crippen LogP contribution in [0.3, 0.4) is 0 Å². The Kier molecular flexibility index (Phi) is 6.19. The van der Waals surface area contributed by atoms with Gasteiger partial charge in [-0.1, -0.05) is 76.2 Å². The molecule has 1 N–H and O–H groups in total. The molecule has 0 unspecified atom stereocenters. The van der Waals surface area contributed by atoms with E-state index in [1.165, 1.54) is 5.56 Å². The lowest BCUT2D eigenvalue weighted by molar-refractivity contribution is 0.0956. The number of aromatic nitrogens is 1. The summed E-state index contributed by atoms with van der Waals surface area (Å²) in [5.74, 6) is -0.237. The van der Waals surface area contributed by atoms with Crippen LogP contribution in [0.4, 0.5) is 0 Å². The Labute approximate surface area is 193 Å². The lowest BCUT2D eigenvalue weighted by Crippen LogP contribution is -2.20. The number of hydrogen-bond acceptors (Lipinski definition) is 4. The van der Waals surface area contributed by atoms with Gasteiger partial charge in [0.05, 0.1) is 27.4 Å². The Hall–Kier alpha value is -3.31. The van der Waals surface area contributed by atoms with E-state index < -0.39 is 0 Å². The minimum atomic E-state index is -0.237. The molecule has 0 atom stereocenters. The van der Waals surface area contributed by atoms with Crippen molar-refractivity contribution in [3.63, 3.8) is 0 Å². The number of pyridine rings is 1. The summed E-state index contributed by atoms with van der Waals surface area (Å²) in [7, 11) is 0. The van der Waals surface area contributed by atoms with Crippen LogP contribution >= 0.6 is 11.3 Å². The Bertz CT molecular complexity index is 1270. The molecule has 2 aromatic heterocycles. The fourth-order valence-corrected chi connectivity index (χ4v) is 4.37. The molecule has 5 heteroatoms. The number of carbonyl (C=O) groups excluding carboxylic acids is 1. The number of nitrogens with zero attached hydrogens (tertiary/aromatic N) is 2. The minimum Gasteiger partial charge on any atom is -0.267 e. The molecule has 0 aliphatic rings. The molecule has 0 bridgehead atoms. The highest BCUT2D eigenvalue weighted by Gasteiger charge is 2.16. The number of fused-ring (bicyclic) bond motifs is 1. The smallest absolute Gasteiger partial charge is 0.267 e. The van der Waals surface area contributed by atoms with E-state index >= 15 is 0 Å². The maximum atomic E-state index is 13.2. The number of hydrogen-bond donors (Lipinski definition) is 1. The molecule has 2 heterocycles. The summed E-state index contributed by atoms with van der Waals surface area (Å²) in [6, 6.07) is 22.0. The summed E-state index contributed by atoms with van der Waals surface area (Å²) in [5.41, 5.74) is 8.07. The van der Waals surface area contributed by atoms with Crippen LogP contribution in [0.25, 0.3) is 22.2 Å². The second-order valence-corrected chi connectivity index (χ2v) is 9.68. The van der Waals surface area contributed by atoms with Crippen LogP contribution in [0.1, 0.15) is 54.9 Å². The van der Waals surface area contributed by atoms with Gasteiger partial charge in [-0.25, -0.2) is 10.4 Å². The zero-order chi connectivity index (χ0) is 22.7. The molecule has 0 saturated carbocycles. The van der Waals surface area contributed by atoms with Gasteiger partial charge in [0.25, 0.3) is 5.91 Å². The third-order valence-electron chi connectivity index (χ3n) is 5.44. The molecule has 0 fully saturated rings. The Morgan fingerprint density at radius 3 is 2.44 bits per heavy atom. The molecular weight excluding hydrogens is 414 g/mol. The van der Waals surface area contributed by atoms with Crippen molar-refractivity contribution in [1.29, 1.82) is 0 Å². The van der Waals surface area contributed by atoms with Crippen molar-refractivity contribution >= 4 is 33.9 Å². The molecule has 0 radical (unpaired) electrons. The zero-order valence-corrected chi connectivity index (χ0v) is 19.7. The van der Waals surface area contributed by atoms with Crippen molar-refractivity contribution in [2.24, 2.45) is 5.10 Å². The minimum absolute atomic E-state index is 0.0813. The number of carbonyl (C=O) groups is 1. The van der Waals surface area contributed by atoms with Crippen LogP contribution in [-0.2, 0) is 5.41 Å². The Morgan fingerprint density at radius 2 is 1.78 bits per heavy atom. The highest BCUT2D eigenvalue weighted by molar-refractivity contribution is 7.12. The maximum absolute atomic E-state index is 13.2. The largest absolute Gasteiger partial charge is 0.272 e. The molecule has 0 saturated heterocycles. The van der Waals surface area contributed by atoms with Gasteiger partial charge in [0.15, 0.2) is 0 Å². The van der Waals surface area contributed by atoms with Gasteiger partial charge in [-0.3, -0.25) is 4.79 Å². The van der Waals surface area contributed by atoms with Gasteiger partial charge in [-0.05, 0) is 41.0 Å². The van der Waals surface area contributed by atoms with Crippen molar-refractivity contribution in [2.75, 3.05) is 0 Å². The predicted octanol–water partition coefficient (Wildman–Crippen LogP) is 6.80. The molecular formula is C27H27N3OS. The van der Waals surface area contributed by atoms with E-state index in [1.54, 1.807) is 11.3 Å². The Morgan fingerprint density at radius 1 is 1.03 bits per heavy atom. The summed E-state index contributed by atoms with van der Waals surface area (Å²) in [5, 5.41) is 7.24. The van der Waals surface area contributed by atoms with Crippen LogP contribution in [0.2, 0.25) is 0 Å². The molecule has 1 amide bonds. The second kappa shape index (κ2) is 9.05. The SMILES string of the molecule is CC/C(=N/NC(=O)c1cc(-c2ccc(C(C)(C)C)cc2)nc2ccccc12)c1cccs1. The van der Waals surface area contributed by atoms with Crippen molar-refractivity contribution in [2.45, 2.75) is 39.5 Å². The number of para-hydroxylation sites is 1. The first-order chi connectivity index (χ1) is 15.4. The third kappa shape index (κ3) is 4.63. The van der Waals surface area contributed by atoms with E-state index in [9.17, 15) is 4.79 Å². The molecule has 32 heavy (non-hydrogen) atoms. The van der Waals surface area contributed by atoms with Crippen LogP contribution in [0.15, 0.2) is 77.2 Å².